The second-order valence-electron chi connectivity index (χ2n) is 4.70. The van der Waals surface area contributed by atoms with Gasteiger partial charge in [0.2, 0.25) is 5.91 Å². The zero-order valence-corrected chi connectivity index (χ0v) is 10.5. The zero-order valence-electron chi connectivity index (χ0n) is 10.5. The number of fused-ring (bicyclic) bond motifs is 2. The molecule has 2 aliphatic heterocycles. The number of imide groups is 1. The smallest absolute Gasteiger partial charge is 0.300 e. The molecule has 0 aromatic heterocycles. The van der Waals surface area contributed by atoms with E-state index >= 15 is 0 Å². The number of amides is 2. The van der Waals surface area contributed by atoms with Gasteiger partial charge < -0.3 is 4.74 Å². The van der Waals surface area contributed by atoms with Gasteiger partial charge in [-0.3, -0.25) is 14.8 Å². The van der Waals surface area contributed by atoms with Crippen LogP contribution < -0.4 is 0 Å². The van der Waals surface area contributed by atoms with Crippen LogP contribution in [0.15, 0.2) is 35.5 Å². The lowest BCUT2D eigenvalue weighted by Crippen LogP contribution is -2.38. The van der Waals surface area contributed by atoms with Crippen LogP contribution in [0.3, 0.4) is 0 Å². The molecular formula is C13H14N2O4. The lowest BCUT2D eigenvalue weighted by atomic mass is 9.91. The Morgan fingerprint density at radius 2 is 2.21 bits per heavy atom. The lowest BCUT2D eigenvalue weighted by molar-refractivity contribution is -0.143. The first kappa shape index (κ1) is 12.0. The van der Waals surface area contributed by atoms with Crippen molar-refractivity contribution in [3.8, 4) is 0 Å². The fraction of sp³-hybridized carbons (Fsp3) is 0.385. The number of rotatable bonds is 1. The van der Waals surface area contributed by atoms with E-state index in [0.29, 0.717) is 17.8 Å². The van der Waals surface area contributed by atoms with Gasteiger partial charge in [0.25, 0.3) is 5.91 Å². The Morgan fingerprint density at radius 1 is 1.42 bits per heavy atom. The van der Waals surface area contributed by atoms with Gasteiger partial charge in [-0.1, -0.05) is 6.08 Å². The van der Waals surface area contributed by atoms with E-state index in [0.717, 1.165) is 22.8 Å². The van der Waals surface area contributed by atoms with E-state index in [-0.39, 0.29) is 11.7 Å². The molecule has 0 bridgehead atoms. The molecule has 19 heavy (non-hydrogen) atoms. The maximum Gasteiger partial charge on any atom is 0.300 e. The van der Waals surface area contributed by atoms with Crippen LogP contribution in [0.4, 0.5) is 0 Å². The summed E-state index contributed by atoms with van der Waals surface area (Å²) in [6.07, 6.45) is 7.01. The number of methoxy groups -OCH3 is 1. The molecule has 1 atom stereocenters. The molecule has 0 aromatic rings. The maximum atomic E-state index is 12.5. The normalized spacial score (nSPS) is 26.2. The highest BCUT2D eigenvalue weighted by molar-refractivity contribution is 6.09. The number of nitrogens with zero attached hydrogens (tertiary/aromatic N) is 2. The number of hydroxylamine groups is 2. The topological polar surface area (TPSA) is 70.1 Å². The summed E-state index contributed by atoms with van der Waals surface area (Å²) in [6.45, 7) is 0. The molecule has 1 aliphatic carbocycles. The standard InChI is InChI=1S/C13H14N2O4/c1-19-11-6-8-7-14(18)10-5-3-2-4-9(10)12(16)15(8)13(11)17/h5-7,9,18H,2-4H2,1H3. The van der Waals surface area contributed by atoms with Crippen molar-refractivity contribution >= 4 is 11.8 Å². The molecule has 1 N–H and O–H groups in total. The predicted molar refractivity (Wildman–Crippen MR) is 64.1 cm³/mol. The van der Waals surface area contributed by atoms with Crippen LogP contribution >= 0.6 is 0 Å². The lowest BCUT2D eigenvalue weighted by Gasteiger charge is -2.26. The number of allylic oxidation sites excluding steroid dienone is 2. The molecule has 0 spiro atoms. The first-order valence-corrected chi connectivity index (χ1v) is 6.17. The van der Waals surface area contributed by atoms with Crippen molar-refractivity contribution in [1.82, 2.24) is 9.96 Å². The van der Waals surface area contributed by atoms with Crippen molar-refractivity contribution in [2.24, 2.45) is 5.92 Å². The summed E-state index contributed by atoms with van der Waals surface area (Å²) < 4.78 is 4.94. The van der Waals surface area contributed by atoms with Gasteiger partial charge in [-0.2, -0.15) is 0 Å². The average molecular weight is 262 g/mol. The van der Waals surface area contributed by atoms with Crippen molar-refractivity contribution in [2.75, 3.05) is 7.11 Å². The highest BCUT2D eigenvalue weighted by atomic mass is 16.5. The fourth-order valence-corrected chi connectivity index (χ4v) is 2.68. The van der Waals surface area contributed by atoms with E-state index in [2.05, 4.69) is 0 Å². The van der Waals surface area contributed by atoms with Gasteiger partial charge in [0, 0.05) is 6.08 Å². The molecule has 1 unspecified atom stereocenters. The van der Waals surface area contributed by atoms with E-state index in [1.165, 1.54) is 19.4 Å². The van der Waals surface area contributed by atoms with Crippen molar-refractivity contribution in [3.63, 3.8) is 0 Å². The maximum absolute atomic E-state index is 12.5. The molecule has 3 rings (SSSR count). The second-order valence-corrected chi connectivity index (χ2v) is 4.70. The van der Waals surface area contributed by atoms with Crippen LogP contribution in [0, 0.1) is 5.92 Å². The molecule has 0 fully saturated rings. The van der Waals surface area contributed by atoms with Crippen LogP contribution in [0.2, 0.25) is 0 Å². The van der Waals surface area contributed by atoms with Crippen molar-refractivity contribution in [2.45, 2.75) is 19.3 Å². The molecule has 6 heteroatoms. The highest BCUT2D eigenvalue weighted by Gasteiger charge is 2.42. The summed E-state index contributed by atoms with van der Waals surface area (Å²) in [5.41, 5.74) is 0.892. The van der Waals surface area contributed by atoms with Gasteiger partial charge in [0.05, 0.1) is 30.6 Å². The molecule has 3 aliphatic rings. The van der Waals surface area contributed by atoms with Gasteiger partial charge in [-0.15, -0.1) is 0 Å². The summed E-state index contributed by atoms with van der Waals surface area (Å²) in [5, 5.41) is 11.0. The Labute approximate surface area is 110 Å². The molecular weight excluding hydrogens is 248 g/mol. The van der Waals surface area contributed by atoms with Gasteiger partial charge in [0.15, 0.2) is 5.76 Å². The van der Waals surface area contributed by atoms with Gasteiger partial charge >= 0.3 is 0 Å². The highest BCUT2D eigenvalue weighted by Crippen LogP contribution is 2.35. The minimum absolute atomic E-state index is 0.108. The van der Waals surface area contributed by atoms with E-state index in [1.807, 2.05) is 6.08 Å². The molecule has 6 nitrogen and oxygen atoms in total. The number of hydrogen-bond donors (Lipinski definition) is 1. The Hall–Kier alpha value is -2.08. The van der Waals surface area contributed by atoms with E-state index in [4.69, 9.17) is 4.74 Å². The van der Waals surface area contributed by atoms with Crippen molar-refractivity contribution < 1.29 is 19.5 Å². The number of carbonyl (C=O) groups excluding carboxylic acids is 2. The van der Waals surface area contributed by atoms with Crippen molar-refractivity contribution in [3.05, 3.63) is 35.5 Å². The zero-order chi connectivity index (χ0) is 13.6. The van der Waals surface area contributed by atoms with Crippen LogP contribution in [0.1, 0.15) is 19.3 Å². The molecule has 0 radical (unpaired) electrons. The monoisotopic (exact) mass is 262 g/mol. The molecule has 2 amide bonds. The average Bonchev–Trinajstić information content (AvgIpc) is 2.68. The first-order valence-electron chi connectivity index (χ1n) is 6.17. The molecule has 2 heterocycles. The van der Waals surface area contributed by atoms with Crippen LogP contribution in [-0.4, -0.2) is 34.1 Å². The minimum atomic E-state index is -0.473. The third-order valence-electron chi connectivity index (χ3n) is 3.62. The number of hydrogen-bond acceptors (Lipinski definition) is 5. The SMILES string of the molecule is COC1=CC2=CN(O)C3=CCCCC3C(=O)N2C1=O. The van der Waals surface area contributed by atoms with E-state index < -0.39 is 11.8 Å². The largest absolute Gasteiger partial charge is 0.491 e. The Morgan fingerprint density at radius 3 is 2.95 bits per heavy atom. The molecule has 0 saturated heterocycles. The van der Waals surface area contributed by atoms with Crippen molar-refractivity contribution in [1.29, 1.82) is 0 Å². The van der Waals surface area contributed by atoms with Gasteiger partial charge in [-0.25, -0.2) is 9.96 Å². The third kappa shape index (κ3) is 1.67. The Bertz CT molecular complexity index is 547. The second kappa shape index (κ2) is 4.24. The quantitative estimate of drug-likeness (QED) is 0.717. The summed E-state index contributed by atoms with van der Waals surface area (Å²) in [6, 6.07) is 0. The van der Waals surface area contributed by atoms with Crippen LogP contribution in [0.5, 0.6) is 0 Å². The fourth-order valence-electron chi connectivity index (χ4n) is 2.68. The Balaban J connectivity index is 2.08. The molecule has 100 valence electrons. The third-order valence-corrected chi connectivity index (χ3v) is 3.62. The van der Waals surface area contributed by atoms with Gasteiger partial charge in [0.1, 0.15) is 0 Å². The van der Waals surface area contributed by atoms with E-state index in [1.54, 1.807) is 0 Å². The number of carbonyl (C=O) groups is 2. The minimum Gasteiger partial charge on any atom is -0.491 e. The summed E-state index contributed by atoms with van der Waals surface area (Å²) in [4.78, 5) is 25.6. The van der Waals surface area contributed by atoms with E-state index in [9.17, 15) is 14.8 Å². The van der Waals surface area contributed by atoms with Gasteiger partial charge in [-0.05, 0) is 19.3 Å². The summed E-state index contributed by atoms with van der Waals surface area (Å²) >= 11 is 0. The molecule has 0 aromatic carbocycles. The predicted octanol–water partition coefficient (Wildman–Crippen LogP) is 1.12. The van der Waals surface area contributed by atoms with Crippen LogP contribution in [0.25, 0.3) is 0 Å². The summed E-state index contributed by atoms with van der Waals surface area (Å²) in [5.74, 6) is -1.14. The Kier molecular flexibility index (Phi) is 2.67. The molecule has 0 saturated carbocycles. The summed E-state index contributed by atoms with van der Waals surface area (Å²) in [7, 11) is 1.38. The van der Waals surface area contributed by atoms with Crippen LogP contribution in [-0.2, 0) is 14.3 Å². The number of ether oxygens (including phenoxy) is 1. The first-order chi connectivity index (χ1) is 9.13.